The molecule has 2 aromatic carbocycles. The van der Waals surface area contributed by atoms with Crippen LogP contribution in [0.2, 0.25) is 0 Å². The standard InChI is InChI=1S/C28H24FN3O3/c1-18-2-7-25(29)20(12-18)14-22(33)13-19-3-5-23(6-4-19)35-24-8-9-30-27(16-24)26-15-21(17-31-26)28(34)32-10-11-32/h2-9,12,15-17,31H,10-11,13-14H2,1H3. The second kappa shape index (κ2) is 9.54. The van der Waals surface area contributed by atoms with Crippen molar-refractivity contribution in [3.05, 3.63) is 101 Å². The minimum absolute atomic E-state index is 0.0162. The summed E-state index contributed by atoms with van der Waals surface area (Å²) in [5.41, 5.74) is 4.20. The van der Waals surface area contributed by atoms with Crippen LogP contribution in [-0.4, -0.2) is 39.6 Å². The van der Waals surface area contributed by atoms with Gasteiger partial charge in [0.1, 0.15) is 23.1 Å². The number of halogens is 1. The van der Waals surface area contributed by atoms with Gasteiger partial charge in [-0.1, -0.05) is 29.8 Å². The molecule has 1 N–H and O–H groups in total. The number of hydrogen-bond acceptors (Lipinski definition) is 4. The monoisotopic (exact) mass is 469 g/mol. The lowest BCUT2D eigenvalue weighted by atomic mass is 10.0. The van der Waals surface area contributed by atoms with Gasteiger partial charge in [-0.05, 0) is 48.4 Å². The highest BCUT2D eigenvalue weighted by atomic mass is 19.1. The number of H-pyrrole nitrogens is 1. The highest BCUT2D eigenvalue weighted by Crippen LogP contribution is 2.27. The molecule has 1 amide bonds. The summed E-state index contributed by atoms with van der Waals surface area (Å²) in [7, 11) is 0. The third-order valence-electron chi connectivity index (χ3n) is 5.82. The van der Waals surface area contributed by atoms with Crippen LogP contribution >= 0.6 is 0 Å². The Morgan fingerprint density at radius 3 is 2.57 bits per heavy atom. The minimum Gasteiger partial charge on any atom is -0.457 e. The van der Waals surface area contributed by atoms with Gasteiger partial charge in [0.25, 0.3) is 5.91 Å². The number of aromatic amines is 1. The maximum absolute atomic E-state index is 13.9. The molecule has 0 radical (unpaired) electrons. The quantitative estimate of drug-likeness (QED) is 0.363. The van der Waals surface area contributed by atoms with Gasteiger partial charge < -0.3 is 14.6 Å². The summed E-state index contributed by atoms with van der Waals surface area (Å²) in [6.45, 7) is 3.49. The molecule has 0 aliphatic carbocycles. The number of aryl methyl sites for hydroxylation is 1. The Kier molecular flexibility index (Phi) is 6.14. The van der Waals surface area contributed by atoms with Crippen molar-refractivity contribution < 1.29 is 18.7 Å². The molecular weight excluding hydrogens is 445 g/mol. The second-order valence-electron chi connectivity index (χ2n) is 8.70. The van der Waals surface area contributed by atoms with E-state index < -0.39 is 0 Å². The number of amides is 1. The van der Waals surface area contributed by atoms with E-state index in [-0.39, 0.29) is 30.3 Å². The Bertz CT molecular complexity index is 1390. The van der Waals surface area contributed by atoms with Crippen LogP contribution in [-0.2, 0) is 17.6 Å². The number of ketones is 1. The van der Waals surface area contributed by atoms with Crippen molar-refractivity contribution in [2.24, 2.45) is 0 Å². The number of nitrogens with one attached hydrogen (secondary N) is 1. The van der Waals surface area contributed by atoms with Crippen LogP contribution in [0.25, 0.3) is 11.4 Å². The fraction of sp³-hybridized carbons (Fsp3) is 0.179. The minimum atomic E-state index is -0.354. The van der Waals surface area contributed by atoms with E-state index >= 15 is 0 Å². The maximum Gasteiger partial charge on any atom is 0.255 e. The Morgan fingerprint density at radius 1 is 1.00 bits per heavy atom. The summed E-state index contributed by atoms with van der Waals surface area (Å²) in [5.74, 6) is 0.827. The van der Waals surface area contributed by atoms with Crippen molar-refractivity contribution in [1.82, 2.24) is 14.9 Å². The molecule has 0 spiro atoms. The molecular formula is C28H24FN3O3. The number of nitrogens with zero attached hydrogens (tertiary/aromatic N) is 2. The fourth-order valence-electron chi connectivity index (χ4n) is 3.88. The number of carbonyl (C=O) groups is 2. The molecule has 3 heterocycles. The zero-order chi connectivity index (χ0) is 24.4. The zero-order valence-electron chi connectivity index (χ0n) is 19.3. The Balaban J connectivity index is 1.21. The molecule has 7 heteroatoms. The average molecular weight is 470 g/mol. The number of rotatable bonds is 8. The SMILES string of the molecule is Cc1ccc(F)c(CC(=O)Cc2ccc(Oc3ccnc(-c4cc(C(=O)N5CC5)c[nH]4)c3)cc2)c1. The number of ether oxygens (including phenoxy) is 1. The molecule has 5 rings (SSSR count). The molecule has 35 heavy (non-hydrogen) atoms. The molecule has 1 fully saturated rings. The van der Waals surface area contributed by atoms with E-state index in [1.165, 1.54) is 6.07 Å². The molecule has 176 valence electrons. The number of carbonyl (C=O) groups excluding carboxylic acids is 2. The van der Waals surface area contributed by atoms with Gasteiger partial charge in [-0.3, -0.25) is 14.6 Å². The van der Waals surface area contributed by atoms with Crippen molar-refractivity contribution >= 4 is 11.7 Å². The molecule has 2 aromatic heterocycles. The zero-order valence-corrected chi connectivity index (χ0v) is 19.3. The number of Topliss-reactive ketones (excluding diaryl/α,β-unsaturated/α-hetero) is 1. The topological polar surface area (TPSA) is 75.1 Å². The van der Waals surface area contributed by atoms with Crippen LogP contribution in [0.15, 0.2) is 73.1 Å². The van der Waals surface area contributed by atoms with Gasteiger partial charge in [-0.2, -0.15) is 0 Å². The normalized spacial score (nSPS) is 12.5. The fourth-order valence-corrected chi connectivity index (χ4v) is 3.88. The van der Waals surface area contributed by atoms with E-state index in [2.05, 4.69) is 9.97 Å². The molecule has 0 unspecified atom stereocenters. The first-order valence-corrected chi connectivity index (χ1v) is 11.4. The van der Waals surface area contributed by atoms with E-state index in [0.29, 0.717) is 28.3 Å². The highest BCUT2D eigenvalue weighted by molar-refractivity contribution is 5.96. The van der Waals surface area contributed by atoms with Crippen molar-refractivity contribution in [2.75, 3.05) is 13.1 Å². The lowest BCUT2D eigenvalue weighted by Crippen LogP contribution is -2.08. The molecule has 1 aliphatic rings. The van der Waals surface area contributed by atoms with E-state index in [1.807, 2.05) is 19.1 Å². The first-order valence-electron chi connectivity index (χ1n) is 11.4. The van der Waals surface area contributed by atoms with Crippen LogP contribution in [0.4, 0.5) is 4.39 Å². The van der Waals surface area contributed by atoms with Crippen LogP contribution in [0.3, 0.4) is 0 Å². The van der Waals surface area contributed by atoms with Crippen molar-refractivity contribution in [1.29, 1.82) is 0 Å². The van der Waals surface area contributed by atoms with Gasteiger partial charge in [0.05, 0.1) is 17.0 Å². The van der Waals surface area contributed by atoms with Crippen molar-refractivity contribution in [2.45, 2.75) is 19.8 Å². The highest BCUT2D eigenvalue weighted by Gasteiger charge is 2.26. The predicted octanol–water partition coefficient (Wildman–Crippen LogP) is 5.13. The summed E-state index contributed by atoms with van der Waals surface area (Å²) >= 11 is 0. The number of hydrogen-bond donors (Lipinski definition) is 1. The first-order chi connectivity index (χ1) is 16.9. The van der Waals surface area contributed by atoms with Crippen molar-refractivity contribution in [3.8, 4) is 22.9 Å². The van der Waals surface area contributed by atoms with Crippen LogP contribution < -0.4 is 4.74 Å². The third kappa shape index (κ3) is 5.46. The van der Waals surface area contributed by atoms with E-state index in [4.69, 9.17) is 4.74 Å². The molecule has 6 nitrogen and oxygen atoms in total. The van der Waals surface area contributed by atoms with Gasteiger partial charge in [0.2, 0.25) is 0 Å². The summed E-state index contributed by atoms with van der Waals surface area (Å²) in [5, 5.41) is 0. The smallest absolute Gasteiger partial charge is 0.255 e. The van der Waals surface area contributed by atoms with E-state index in [9.17, 15) is 14.0 Å². The summed E-state index contributed by atoms with van der Waals surface area (Å²) in [4.78, 5) is 33.9. The lowest BCUT2D eigenvalue weighted by Gasteiger charge is -2.08. The van der Waals surface area contributed by atoms with Crippen molar-refractivity contribution in [3.63, 3.8) is 0 Å². The Morgan fingerprint density at radius 2 is 1.80 bits per heavy atom. The largest absolute Gasteiger partial charge is 0.457 e. The predicted molar refractivity (Wildman–Crippen MR) is 130 cm³/mol. The van der Waals surface area contributed by atoms with Gasteiger partial charge in [0, 0.05) is 44.4 Å². The van der Waals surface area contributed by atoms with Gasteiger partial charge >= 0.3 is 0 Å². The molecule has 0 bridgehead atoms. The van der Waals surface area contributed by atoms with Gasteiger partial charge in [-0.25, -0.2) is 4.39 Å². The van der Waals surface area contributed by atoms with Gasteiger partial charge in [-0.15, -0.1) is 0 Å². The first kappa shape index (κ1) is 22.5. The molecule has 0 atom stereocenters. The molecule has 1 saturated heterocycles. The molecule has 0 saturated carbocycles. The summed E-state index contributed by atoms with van der Waals surface area (Å²) < 4.78 is 19.9. The molecule has 1 aliphatic heterocycles. The number of aromatic nitrogens is 2. The second-order valence-corrected chi connectivity index (χ2v) is 8.70. The Labute approximate surface area is 202 Å². The average Bonchev–Trinajstić information content (AvgIpc) is 3.58. The van der Waals surface area contributed by atoms with E-state index in [0.717, 1.165) is 29.9 Å². The molecule has 4 aromatic rings. The summed E-state index contributed by atoms with van der Waals surface area (Å²) in [6.07, 6.45) is 3.63. The maximum atomic E-state index is 13.9. The lowest BCUT2D eigenvalue weighted by molar-refractivity contribution is -0.117. The van der Waals surface area contributed by atoms with E-state index in [1.54, 1.807) is 59.8 Å². The number of pyridine rings is 1. The third-order valence-corrected chi connectivity index (χ3v) is 5.82. The summed E-state index contributed by atoms with van der Waals surface area (Å²) in [6, 6.07) is 17.4. The Hall–Kier alpha value is -4.26. The van der Waals surface area contributed by atoms with Crippen LogP contribution in [0, 0.1) is 12.7 Å². The van der Waals surface area contributed by atoms with Crippen LogP contribution in [0.5, 0.6) is 11.5 Å². The van der Waals surface area contributed by atoms with Gasteiger partial charge in [0.15, 0.2) is 0 Å². The van der Waals surface area contributed by atoms with Crippen LogP contribution in [0.1, 0.15) is 27.0 Å². The number of benzene rings is 2.